The van der Waals surface area contributed by atoms with Gasteiger partial charge in [-0.05, 0) is 24.3 Å². The van der Waals surface area contributed by atoms with Crippen LogP contribution in [0.4, 0.5) is 5.69 Å². The Morgan fingerprint density at radius 3 is 2.47 bits per heavy atom. The highest BCUT2D eigenvalue weighted by molar-refractivity contribution is 6.06. The Kier molecular flexibility index (Phi) is 3.51. The first-order valence-corrected chi connectivity index (χ1v) is 5.47. The van der Waals surface area contributed by atoms with E-state index in [2.05, 4.69) is 9.97 Å². The lowest BCUT2D eigenvalue weighted by Crippen LogP contribution is -2.26. The maximum absolute atomic E-state index is 12.2. The minimum atomic E-state index is -1.17. The maximum Gasteiger partial charge on any atom is 0.354 e. The van der Waals surface area contributed by atoms with E-state index < -0.39 is 5.97 Å². The molecule has 2 heterocycles. The Labute approximate surface area is 109 Å². The molecule has 0 atom stereocenters. The first-order valence-electron chi connectivity index (χ1n) is 5.47. The second-order valence-electron chi connectivity index (χ2n) is 3.80. The van der Waals surface area contributed by atoms with Crippen LogP contribution in [0.5, 0.6) is 0 Å². The molecule has 1 N–H and O–H groups in total. The average Bonchev–Trinajstić information content (AvgIpc) is 2.46. The van der Waals surface area contributed by atoms with E-state index >= 15 is 0 Å². The predicted octanol–water partition coefficient (Wildman–Crippen LogP) is 1.45. The highest BCUT2D eigenvalue weighted by atomic mass is 16.4. The fourth-order valence-corrected chi connectivity index (χ4v) is 1.56. The third-order valence-corrected chi connectivity index (χ3v) is 2.58. The highest BCUT2D eigenvalue weighted by Gasteiger charge is 2.15. The van der Waals surface area contributed by atoms with Gasteiger partial charge in [-0.2, -0.15) is 0 Å². The van der Waals surface area contributed by atoms with Crippen molar-refractivity contribution in [3.63, 3.8) is 0 Å². The van der Waals surface area contributed by atoms with Gasteiger partial charge in [0.25, 0.3) is 5.91 Å². The average molecular weight is 257 g/mol. The monoisotopic (exact) mass is 257 g/mol. The summed E-state index contributed by atoms with van der Waals surface area (Å²) in [5.74, 6) is -1.47. The predicted molar refractivity (Wildman–Crippen MR) is 68.2 cm³/mol. The van der Waals surface area contributed by atoms with Crippen molar-refractivity contribution in [2.75, 3.05) is 11.9 Å². The van der Waals surface area contributed by atoms with Gasteiger partial charge in [0, 0.05) is 36.9 Å². The van der Waals surface area contributed by atoms with Crippen LogP contribution in [0.2, 0.25) is 0 Å². The third-order valence-electron chi connectivity index (χ3n) is 2.58. The zero-order chi connectivity index (χ0) is 13.8. The van der Waals surface area contributed by atoms with E-state index in [1.165, 1.54) is 23.2 Å². The number of carboxylic acid groups (broad SMARTS) is 1. The molecule has 0 aliphatic carbocycles. The molecule has 2 rings (SSSR count). The molecule has 0 fully saturated rings. The van der Waals surface area contributed by atoms with Gasteiger partial charge in [-0.25, -0.2) is 9.78 Å². The van der Waals surface area contributed by atoms with Crippen LogP contribution in [0.3, 0.4) is 0 Å². The lowest BCUT2D eigenvalue weighted by Gasteiger charge is -2.17. The summed E-state index contributed by atoms with van der Waals surface area (Å²) in [6.07, 6.45) is 4.46. The molecule has 2 aromatic rings. The fourth-order valence-electron chi connectivity index (χ4n) is 1.56. The number of carbonyl (C=O) groups is 2. The highest BCUT2D eigenvalue weighted by Crippen LogP contribution is 2.14. The summed E-state index contributed by atoms with van der Waals surface area (Å²) in [6.45, 7) is 0. The molecule has 0 bridgehead atoms. The van der Waals surface area contributed by atoms with Gasteiger partial charge in [-0.1, -0.05) is 0 Å². The fraction of sp³-hybridized carbons (Fsp3) is 0.0769. The van der Waals surface area contributed by atoms with Gasteiger partial charge >= 0.3 is 5.97 Å². The molecule has 0 aliphatic rings. The van der Waals surface area contributed by atoms with Crippen molar-refractivity contribution in [1.82, 2.24) is 9.97 Å². The largest absolute Gasteiger partial charge is 0.477 e. The molecular weight excluding hydrogens is 246 g/mol. The van der Waals surface area contributed by atoms with Gasteiger partial charge in [-0.3, -0.25) is 9.78 Å². The Morgan fingerprint density at radius 1 is 1.16 bits per heavy atom. The molecule has 1 amide bonds. The van der Waals surface area contributed by atoms with Gasteiger partial charge in [0.15, 0.2) is 0 Å². The van der Waals surface area contributed by atoms with Crippen molar-refractivity contribution in [2.24, 2.45) is 0 Å². The minimum absolute atomic E-state index is 0.158. The van der Waals surface area contributed by atoms with Crippen LogP contribution < -0.4 is 4.90 Å². The Balaban J connectivity index is 2.29. The van der Waals surface area contributed by atoms with E-state index in [9.17, 15) is 9.59 Å². The lowest BCUT2D eigenvalue weighted by molar-refractivity contribution is 0.0690. The molecule has 0 aromatic carbocycles. The summed E-state index contributed by atoms with van der Waals surface area (Å²) in [5.41, 5.74) is 0.786. The van der Waals surface area contributed by atoms with Crippen molar-refractivity contribution < 1.29 is 14.7 Å². The van der Waals surface area contributed by atoms with Crippen molar-refractivity contribution in [3.8, 4) is 0 Å². The Bertz CT molecular complexity index is 614. The molecule has 19 heavy (non-hydrogen) atoms. The number of carbonyl (C=O) groups excluding carboxylic acids is 1. The van der Waals surface area contributed by atoms with Gasteiger partial charge in [-0.15, -0.1) is 0 Å². The minimum Gasteiger partial charge on any atom is -0.477 e. The van der Waals surface area contributed by atoms with E-state index in [1.807, 2.05) is 0 Å². The number of nitrogens with zero attached hydrogens (tertiary/aromatic N) is 3. The molecule has 96 valence electrons. The number of pyridine rings is 2. The first kappa shape index (κ1) is 12.7. The second kappa shape index (κ2) is 5.26. The van der Waals surface area contributed by atoms with Gasteiger partial charge in [0.2, 0.25) is 0 Å². The van der Waals surface area contributed by atoms with E-state index in [0.717, 1.165) is 0 Å². The van der Waals surface area contributed by atoms with Gasteiger partial charge < -0.3 is 10.0 Å². The van der Waals surface area contributed by atoms with Crippen molar-refractivity contribution in [2.45, 2.75) is 0 Å². The molecule has 0 radical (unpaired) electrons. The van der Waals surface area contributed by atoms with E-state index in [4.69, 9.17) is 5.11 Å². The molecule has 6 heteroatoms. The summed E-state index contributed by atoms with van der Waals surface area (Å²) >= 11 is 0. The second-order valence-corrected chi connectivity index (χ2v) is 3.80. The quantitative estimate of drug-likeness (QED) is 0.899. The summed E-state index contributed by atoms with van der Waals surface area (Å²) in [7, 11) is 1.61. The molecule has 0 aliphatic heterocycles. The number of carboxylic acids is 1. The maximum atomic E-state index is 12.2. The molecule has 0 unspecified atom stereocenters. The summed E-state index contributed by atoms with van der Waals surface area (Å²) in [5, 5.41) is 8.85. The van der Waals surface area contributed by atoms with E-state index in [-0.39, 0.29) is 17.2 Å². The number of aromatic nitrogens is 2. The topological polar surface area (TPSA) is 83.4 Å². The number of aromatic carboxylic acids is 1. The van der Waals surface area contributed by atoms with Crippen LogP contribution in [0.25, 0.3) is 0 Å². The molecule has 6 nitrogen and oxygen atoms in total. The Hall–Kier alpha value is -2.76. The summed E-state index contributed by atoms with van der Waals surface area (Å²) in [6, 6.07) is 6.11. The number of rotatable bonds is 3. The van der Waals surface area contributed by atoms with Crippen molar-refractivity contribution in [1.29, 1.82) is 0 Å². The number of hydrogen-bond acceptors (Lipinski definition) is 4. The van der Waals surface area contributed by atoms with Crippen molar-refractivity contribution in [3.05, 3.63) is 54.1 Å². The van der Waals surface area contributed by atoms with Crippen molar-refractivity contribution >= 4 is 17.6 Å². The number of hydrogen-bond donors (Lipinski definition) is 1. The van der Waals surface area contributed by atoms with Crippen LogP contribution in [0, 0.1) is 0 Å². The van der Waals surface area contributed by atoms with Gasteiger partial charge in [0.05, 0.1) is 0 Å². The summed E-state index contributed by atoms with van der Waals surface area (Å²) in [4.78, 5) is 32.0. The molecule has 0 saturated carbocycles. The van der Waals surface area contributed by atoms with Crippen LogP contribution in [-0.2, 0) is 0 Å². The van der Waals surface area contributed by atoms with E-state index in [1.54, 1.807) is 31.6 Å². The van der Waals surface area contributed by atoms with Crippen LogP contribution in [-0.4, -0.2) is 34.0 Å². The standard InChI is InChI=1S/C13H11N3O3/c1-16(10-3-5-14-6-4-10)12(17)9-2-7-15-11(8-9)13(18)19/h2-8H,1H3,(H,18,19). The molecule has 2 aromatic heterocycles. The van der Waals surface area contributed by atoms with E-state index in [0.29, 0.717) is 5.69 Å². The molecule has 0 spiro atoms. The zero-order valence-electron chi connectivity index (χ0n) is 10.1. The first-order chi connectivity index (χ1) is 9.09. The lowest BCUT2D eigenvalue weighted by atomic mass is 10.2. The normalized spacial score (nSPS) is 9.95. The zero-order valence-corrected chi connectivity index (χ0v) is 10.1. The van der Waals surface area contributed by atoms with Crippen LogP contribution >= 0.6 is 0 Å². The Morgan fingerprint density at radius 2 is 1.84 bits per heavy atom. The SMILES string of the molecule is CN(C(=O)c1ccnc(C(=O)O)c1)c1ccncc1. The number of anilines is 1. The molecular formula is C13H11N3O3. The molecule has 0 saturated heterocycles. The number of amides is 1. The van der Waals surface area contributed by atoms with Crippen LogP contribution in [0.1, 0.15) is 20.8 Å². The smallest absolute Gasteiger partial charge is 0.354 e. The van der Waals surface area contributed by atoms with Gasteiger partial charge in [0.1, 0.15) is 5.69 Å². The van der Waals surface area contributed by atoms with Crippen LogP contribution in [0.15, 0.2) is 42.9 Å². The summed E-state index contributed by atoms with van der Waals surface area (Å²) < 4.78 is 0. The third kappa shape index (κ3) is 2.74.